The molecule has 0 heterocycles. The summed E-state index contributed by atoms with van der Waals surface area (Å²) in [5.41, 5.74) is 0.680. The molecule has 0 aliphatic rings. The molecule has 0 aliphatic heterocycles. The molecular weight excluding hydrogens is 331 g/mol. The lowest BCUT2D eigenvalue weighted by Gasteiger charge is -2.09. The first-order valence-corrected chi connectivity index (χ1v) is 8.36. The van der Waals surface area contributed by atoms with Crippen LogP contribution in [-0.4, -0.2) is 20.6 Å². The van der Waals surface area contributed by atoms with Gasteiger partial charge >= 0.3 is 0 Å². The molecule has 0 saturated heterocycles. The summed E-state index contributed by atoms with van der Waals surface area (Å²) in [5, 5.41) is 2.58. The molecule has 2 rings (SSSR count). The van der Waals surface area contributed by atoms with Crippen LogP contribution in [0.1, 0.15) is 10.4 Å². The van der Waals surface area contributed by atoms with Gasteiger partial charge in [-0.25, -0.2) is 12.8 Å². The number of hydrogen-bond acceptors (Lipinski definition) is 3. The van der Waals surface area contributed by atoms with Crippen molar-refractivity contribution in [3.8, 4) is 0 Å². The molecule has 0 atom stereocenters. The number of benzene rings is 2. The number of hydrogen-bond donors (Lipinski definition) is 2. The third-order valence-corrected chi connectivity index (χ3v) is 3.52. The van der Waals surface area contributed by atoms with Crippen LogP contribution < -0.4 is 10.0 Å². The predicted octanol–water partition coefficient (Wildman–Crippen LogP) is 3.10. The van der Waals surface area contributed by atoms with Crippen molar-refractivity contribution in [1.29, 1.82) is 0 Å². The van der Waals surface area contributed by atoms with Gasteiger partial charge in [0.25, 0.3) is 5.91 Å². The third kappa shape index (κ3) is 4.44. The zero-order valence-corrected chi connectivity index (χ0v) is 13.0. The van der Waals surface area contributed by atoms with Crippen LogP contribution in [0.15, 0.2) is 42.5 Å². The lowest BCUT2D eigenvalue weighted by molar-refractivity contribution is 0.102. The Morgan fingerprint density at radius 2 is 1.86 bits per heavy atom. The van der Waals surface area contributed by atoms with Crippen molar-refractivity contribution in [2.24, 2.45) is 0 Å². The first-order chi connectivity index (χ1) is 10.2. The van der Waals surface area contributed by atoms with Gasteiger partial charge in [0.05, 0.1) is 16.8 Å². The summed E-state index contributed by atoms with van der Waals surface area (Å²) in [5.74, 6) is -1.00. The number of amides is 1. The SMILES string of the molecule is CS(=O)(=O)Nc1ccc(C(=O)Nc2cccc(F)c2)c(Cl)c1. The molecule has 2 aromatic carbocycles. The quantitative estimate of drug-likeness (QED) is 0.896. The van der Waals surface area contributed by atoms with Gasteiger partial charge in [-0.15, -0.1) is 0 Å². The monoisotopic (exact) mass is 342 g/mol. The normalized spacial score (nSPS) is 11.0. The van der Waals surface area contributed by atoms with E-state index in [1.54, 1.807) is 0 Å². The maximum Gasteiger partial charge on any atom is 0.257 e. The molecule has 116 valence electrons. The second kappa shape index (κ2) is 6.33. The van der Waals surface area contributed by atoms with E-state index < -0.39 is 21.7 Å². The smallest absolute Gasteiger partial charge is 0.257 e. The van der Waals surface area contributed by atoms with Crippen molar-refractivity contribution in [2.45, 2.75) is 0 Å². The number of carbonyl (C=O) groups is 1. The number of carbonyl (C=O) groups excluding carboxylic acids is 1. The van der Waals surface area contributed by atoms with Gasteiger partial charge in [0.2, 0.25) is 10.0 Å². The van der Waals surface area contributed by atoms with Gasteiger partial charge in [0, 0.05) is 11.4 Å². The molecule has 2 N–H and O–H groups in total. The Bertz CT molecular complexity index is 825. The minimum Gasteiger partial charge on any atom is -0.322 e. The topological polar surface area (TPSA) is 75.3 Å². The highest BCUT2D eigenvalue weighted by Crippen LogP contribution is 2.23. The molecule has 0 bridgehead atoms. The summed E-state index contributed by atoms with van der Waals surface area (Å²) in [6.07, 6.45) is 1.01. The minimum atomic E-state index is -3.43. The fourth-order valence-corrected chi connectivity index (χ4v) is 2.56. The Kier molecular flexibility index (Phi) is 4.68. The zero-order chi connectivity index (χ0) is 16.3. The summed E-state index contributed by atoms with van der Waals surface area (Å²) >= 11 is 5.98. The van der Waals surface area contributed by atoms with Crippen LogP contribution in [0, 0.1) is 5.82 Å². The Labute approximate surface area is 132 Å². The lowest BCUT2D eigenvalue weighted by Crippen LogP contribution is -2.13. The number of sulfonamides is 1. The fourth-order valence-electron chi connectivity index (χ4n) is 1.74. The van der Waals surface area contributed by atoms with Gasteiger partial charge in [-0.3, -0.25) is 9.52 Å². The van der Waals surface area contributed by atoms with Gasteiger partial charge in [-0.2, -0.15) is 0 Å². The second-order valence-corrected chi connectivity index (χ2v) is 6.69. The summed E-state index contributed by atoms with van der Waals surface area (Å²) in [6, 6.07) is 9.54. The van der Waals surface area contributed by atoms with E-state index in [4.69, 9.17) is 11.6 Å². The van der Waals surface area contributed by atoms with Crippen LogP contribution in [-0.2, 0) is 10.0 Å². The summed E-state index contributed by atoms with van der Waals surface area (Å²) < 4.78 is 37.6. The number of nitrogens with one attached hydrogen (secondary N) is 2. The van der Waals surface area contributed by atoms with Crippen molar-refractivity contribution in [3.63, 3.8) is 0 Å². The Morgan fingerprint density at radius 3 is 2.45 bits per heavy atom. The summed E-state index contributed by atoms with van der Waals surface area (Å²) in [7, 11) is -3.43. The number of anilines is 2. The zero-order valence-electron chi connectivity index (χ0n) is 11.4. The first kappa shape index (κ1) is 16.3. The van der Waals surface area contributed by atoms with Gasteiger partial charge in [0.15, 0.2) is 0 Å². The van der Waals surface area contributed by atoms with Crippen LogP contribution in [0.4, 0.5) is 15.8 Å². The van der Waals surface area contributed by atoms with Crippen molar-refractivity contribution in [1.82, 2.24) is 0 Å². The van der Waals surface area contributed by atoms with Crippen LogP contribution in [0.5, 0.6) is 0 Å². The molecule has 22 heavy (non-hydrogen) atoms. The molecule has 8 heteroatoms. The molecule has 1 amide bonds. The second-order valence-electron chi connectivity index (χ2n) is 4.53. The maximum atomic E-state index is 13.1. The van der Waals surface area contributed by atoms with Crippen LogP contribution >= 0.6 is 11.6 Å². The van der Waals surface area contributed by atoms with E-state index in [0.717, 1.165) is 6.26 Å². The highest BCUT2D eigenvalue weighted by atomic mass is 35.5. The average Bonchev–Trinajstić information content (AvgIpc) is 2.36. The summed E-state index contributed by atoms with van der Waals surface area (Å²) in [4.78, 5) is 12.1. The van der Waals surface area contributed by atoms with E-state index in [1.165, 1.54) is 42.5 Å². The highest BCUT2D eigenvalue weighted by Gasteiger charge is 2.12. The molecule has 0 fully saturated rings. The minimum absolute atomic E-state index is 0.0718. The van der Waals surface area contributed by atoms with Crippen molar-refractivity contribution >= 4 is 38.9 Å². The van der Waals surface area contributed by atoms with E-state index in [-0.39, 0.29) is 16.3 Å². The van der Waals surface area contributed by atoms with E-state index in [1.807, 2.05) is 0 Å². The fraction of sp³-hybridized carbons (Fsp3) is 0.0714. The maximum absolute atomic E-state index is 13.1. The predicted molar refractivity (Wildman–Crippen MR) is 84.3 cm³/mol. The Balaban J connectivity index is 2.20. The first-order valence-electron chi connectivity index (χ1n) is 6.09. The standard InChI is InChI=1S/C14H12ClFN2O3S/c1-22(20,21)18-11-5-6-12(13(15)8-11)14(19)17-10-4-2-3-9(16)7-10/h2-8,18H,1H3,(H,17,19). The van der Waals surface area contributed by atoms with Gasteiger partial charge in [-0.1, -0.05) is 17.7 Å². The summed E-state index contributed by atoms with van der Waals surface area (Å²) in [6.45, 7) is 0. The van der Waals surface area contributed by atoms with Crippen molar-refractivity contribution in [2.75, 3.05) is 16.3 Å². The molecule has 0 saturated carbocycles. The molecule has 0 spiro atoms. The average molecular weight is 343 g/mol. The third-order valence-electron chi connectivity index (χ3n) is 2.60. The molecule has 0 aliphatic carbocycles. The van der Waals surface area contributed by atoms with Crippen LogP contribution in [0.2, 0.25) is 5.02 Å². The highest BCUT2D eigenvalue weighted by molar-refractivity contribution is 7.92. The molecule has 5 nitrogen and oxygen atoms in total. The van der Waals surface area contributed by atoms with Gasteiger partial charge in [-0.05, 0) is 36.4 Å². The van der Waals surface area contributed by atoms with Crippen LogP contribution in [0.25, 0.3) is 0 Å². The molecule has 0 radical (unpaired) electrons. The molecule has 0 unspecified atom stereocenters. The number of halogens is 2. The molecule has 0 aromatic heterocycles. The van der Waals surface area contributed by atoms with Gasteiger partial charge < -0.3 is 5.32 Å². The lowest BCUT2D eigenvalue weighted by atomic mass is 10.2. The Morgan fingerprint density at radius 1 is 1.14 bits per heavy atom. The van der Waals surface area contributed by atoms with Crippen molar-refractivity contribution in [3.05, 3.63) is 58.9 Å². The molecular formula is C14H12ClFN2O3S. The van der Waals surface area contributed by atoms with E-state index >= 15 is 0 Å². The Hall–Kier alpha value is -2.12. The molecule has 2 aromatic rings. The van der Waals surface area contributed by atoms with E-state index in [9.17, 15) is 17.6 Å². The number of rotatable bonds is 4. The van der Waals surface area contributed by atoms with Gasteiger partial charge in [0.1, 0.15) is 5.82 Å². The van der Waals surface area contributed by atoms with Crippen LogP contribution in [0.3, 0.4) is 0 Å². The van der Waals surface area contributed by atoms with E-state index in [2.05, 4.69) is 10.0 Å². The van der Waals surface area contributed by atoms with Crippen molar-refractivity contribution < 1.29 is 17.6 Å². The largest absolute Gasteiger partial charge is 0.322 e. The van der Waals surface area contributed by atoms with E-state index in [0.29, 0.717) is 5.69 Å².